The molecule has 0 aliphatic carbocycles. The van der Waals surface area contributed by atoms with Gasteiger partial charge in [-0.15, -0.1) is 0 Å². The minimum Gasteiger partial charge on any atom is -0.436 e. The van der Waals surface area contributed by atoms with Crippen LogP contribution in [0.15, 0.2) is 24.4 Å². The third kappa shape index (κ3) is 2.73. The van der Waals surface area contributed by atoms with E-state index in [4.69, 9.17) is 10.5 Å². The molecule has 1 heterocycles. The van der Waals surface area contributed by atoms with Crippen molar-refractivity contribution >= 4 is 11.6 Å². The number of rotatable bonds is 3. The van der Waals surface area contributed by atoms with Crippen molar-refractivity contribution in [3.63, 3.8) is 0 Å². The predicted octanol–water partition coefficient (Wildman–Crippen LogP) is 2.21. The van der Waals surface area contributed by atoms with Gasteiger partial charge in [0.15, 0.2) is 0 Å². The van der Waals surface area contributed by atoms with Crippen molar-refractivity contribution in [3.05, 3.63) is 45.9 Å². The molecule has 19 heavy (non-hydrogen) atoms. The summed E-state index contributed by atoms with van der Waals surface area (Å²) in [4.78, 5) is 17.1. The topological polar surface area (TPSA) is 104 Å². The smallest absolute Gasteiger partial charge is 0.273 e. The first-order chi connectivity index (χ1) is 8.97. The van der Waals surface area contributed by atoms with Gasteiger partial charge in [0.1, 0.15) is 5.75 Å². The molecule has 98 valence electrons. The summed E-state index contributed by atoms with van der Waals surface area (Å²) in [6.45, 7) is 1.67. The van der Waals surface area contributed by atoms with Gasteiger partial charge in [0, 0.05) is 6.07 Å². The van der Waals surface area contributed by atoms with E-state index in [1.54, 1.807) is 6.92 Å². The zero-order valence-corrected chi connectivity index (χ0v) is 9.83. The van der Waals surface area contributed by atoms with Crippen LogP contribution in [-0.2, 0) is 0 Å². The first-order valence-corrected chi connectivity index (χ1v) is 5.18. The lowest BCUT2D eigenvalue weighted by molar-refractivity contribution is -0.384. The van der Waals surface area contributed by atoms with Crippen LogP contribution >= 0.6 is 0 Å². The van der Waals surface area contributed by atoms with Gasteiger partial charge in [0.05, 0.1) is 17.2 Å². The van der Waals surface area contributed by atoms with E-state index in [1.165, 1.54) is 18.2 Å². The van der Waals surface area contributed by atoms with Crippen molar-refractivity contribution in [3.8, 4) is 11.6 Å². The van der Waals surface area contributed by atoms with Gasteiger partial charge in [-0.25, -0.2) is 4.98 Å². The van der Waals surface area contributed by atoms with E-state index in [0.29, 0.717) is 5.56 Å². The Balaban J connectivity index is 2.40. The number of nitrogens with zero attached hydrogens (tertiary/aromatic N) is 3. The molecular weight excluding hydrogens is 255 g/mol. The highest BCUT2D eigenvalue weighted by molar-refractivity contribution is 5.45. The molecule has 0 saturated heterocycles. The van der Waals surface area contributed by atoms with Gasteiger partial charge >= 0.3 is 0 Å². The van der Waals surface area contributed by atoms with Crippen LogP contribution < -0.4 is 10.5 Å². The zero-order valence-electron chi connectivity index (χ0n) is 9.83. The highest BCUT2D eigenvalue weighted by atomic mass is 19.1. The number of hydrogen-bond acceptors (Lipinski definition) is 6. The first kappa shape index (κ1) is 12.7. The molecule has 0 bridgehead atoms. The van der Waals surface area contributed by atoms with Gasteiger partial charge < -0.3 is 10.5 Å². The average molecular weight is 264 g/mol. The summed E-state index contributed by atoms with van der Waals surface area (Å²) in [7, 11) is 0. The van der Waals surface area contributed by atoms with Crippen LogP contribution in [0.1, 0.15) is 5.56 Å². The molecule has 0 unspecified atom stereocenters. The fourth-order valence-corrected chi connectivity index (χ4v) is 1.35. The van der Waals surface area contributed by atoms with E-state index in [0.717, 1.165) is 6.20 Å². The molecule has 2 N–H and O–H groups in total. The lowest BCUT2D eigenvalue weighted by Crippen LogP contribution is -2.00. The largest absolute Gasteiger partial charge is 0.436 e. The molecule has 8 heteroatoms. The van der Waals surface area contributed by atoms with Crippen LogP contribution in [0.25, 0.3) is 0 Å². The van der Waals surface area contributed by atoms with Crippen molar-refractivity contribution < 1.29 is 14.1 Å². The molecule has 0 radical (unpaired) electrons. The molecule has 0 fully saturated rings. The molecule has 2 aromatic rings. The van der Waals surface area contributed by atoms with Crippen LogP contribution in [0.2, 0.25) is 0 Å². The van der Waals surface area contributed by atoms with E-state index in [1.807, 2.05) is 0 Å². The molecule has 0 spiro atoms. The molecule has 1 aromatic heterocycles. The summed E-state index contributed by atoms with van der Waals surface area (Å²) in [5.41, 5.74) is 5.76. The van der Waals surface area contributed by atoms with Crippen LogP contribution in [0.5, 0.6) is 11.6 Å². The number of benzene rings is 1. The molecule has 0 aliphatic heterocycles. The van der Waals surface area contributed by atoms with E-state index in [9.17, 15) is 14.5 Å². The van der Waals surface area contributed by atoms with Gasteiger partial charge in [0.25, 0.3) is 11.6 Å². The Labute approximate surface area is 107 Å². The standard InChI is InChI=1S/C11H9FN4O3/c1-6-2-3-7(16(17)18)4-9(6)19-10-8(12)5-14-11(13)15-10/h2-5H,1H3,(H2,13,14,15). The highest BCUT2D eigenvalue weighted by Gasteiger charge is 2.13. The normalized spacial score (nSPS) is 10.2. The maximum atomic E-state index is 13.4. The van der Waals surface area contributed by atoms with Gasteiger partial charge in [-0.05, 0) is 18.6 Å². The van der Waals surface area contributed by atoms with E-state index in [2.05, 4.69) is 9.97 Å². The van der Waals surface area contributed by atoms with E-state index >= 15 is 0 Å². The summed E-state index contributed by atoms with van der Waals surface area (Å²) in [6.07, 6.45) is 0.865. The van der Waals surface area contributed by atoms with E-state index in [-0.39, 0.29) is 23.3 Å². The number of anilines is 1. The number of aromatic nitrogens is 2. The summed E-state index contributed by atoms with van der Waals surface area (Å²) in [5, 5.41) is 10.7. The second-order valence-corrected chi connectivity index (χ2v) is 3.69. The predicted molar refractivity (Wildman–Crippen MR) is 64.3 cm³/mol. The summed E-state index contributed by atoms with van der Waals surface area (Å²) < 4.78 is 18.6. The lowest BCUT2D eigenvalue weighted by Gasteiger charge is -2.08. The summed E-state index contributed by atoms with van der Waals surface area (Å²) >= 11 is 0. The maximum Gasteiger partial charge on any atom is 0.273 e. The third-order valence-electron chi connectivity index (χ3n) is 2.32. The molecule has 7 nitrogen and oxygen atoms in total. The summed E-state index contributed by atoms with van der Waals surface area (Å²) in [5.74, 6) is -1.21. The number of aryl methyl sites for hydroxylation is 1. The molecule has 0 atom stereocenters. The van der Waals surface area contributed by atoms with Crippen LogP contribution in [0, 0.1) is 22.9 Å². The van der Waals surface area contributed by atoms with Crippen molar-refractivity contribution in [2.75, 3.05) is 5.73 Å². The fourth-order valence-electron chi connectivity index (χ4n) is 1.35. The SMILES string of the molecule is Cc1ccc([N+](=O)[O-])cc1Oc1nc(N)ncc1F. The number of nitrogen functional groups attached to an aromatic ring is 1. The number of nitro benzene ring substituents is 1. The lowest BCUT2D eigenvalue weighted by atomic mass is 10.2. The Morgan fingerprint density at radius 2 is 2.21 bits per heavy atom. The monoisotopic (exact) mass is 264 g/mol. The Kier molecular flexibility index (Phi) is 3.23. The van der Waals surface area contributed by atoms with Gasteiger partial charge in [-0.1, -0.05) is 0 Å². The van der Waals surface area contributed by atoms with E-state index < -0.39 is 10.7 Å². The van der Waals surface area contributed by atoms with Crippen molar-refractivity contribution in [1.29, 1.82) is 0 Å². The van der Waals surface area contributed by atoms with Crippen molar-refractivity contribution in [2.45, 2.75) is 6.92 Å². The highest BCUT2D eigenvalue weighted by Crippen LogP contribution is 2.29. The van der Waals surface area contributed by atoms with Crippen LogP contribution in [0.4, 0.5) is 16.0 Å². The van der Waals surface area contributed by atoms with Crippen LogP contribution in [0.3, 0.4) is 0 Å². The quantitative estimate of drug-likeness (QED) is 0.673. The Hall–Kier alpha value is -2.77. The van der Waals surface area contributed by atoms with Crippen molar-refractivity contribution in [1.82, 2.24) is 9.97 Å². The fraction of sp³-hybridized carbons (Fsp3) is 0.0909. The Morgan fingerprint density at radius 3 is 2.89 bits per heavy atom. The number of non-ortho nitro benzene ring substituents is 1. The second-order valence-electron chi connectivity index (χ2n) is 3.69. The third-order valence-corrected chi connectivity index (χ3v) is 2.32. The molecule has 0 saturated carbocycles. The summed E-state index contributed by atoms with van der Waals surface area (Å²) in [6, 6.07) is 4.01. The Morgan fingerprint density at radius 1 is 1.47 bits per heavy atom. The van der Waals surface area contributed by atoms with Crippen LogP contribution in [-0.4, -0.2) is 14.9 Å². The second kappa shape index (κ2) is 4.84. The van der Waals surface area contributed by atoms with Gasteiger partial charge in [-0.2, -0.15) is 9.37 Å². The minimum atomic E-state index is -0.805. The van der Waals surface area contributed by atoms with Gasteiger partial charge in [0.2, 0.25) is 11.8 Å². The van der Waals surface area contributed by atoms with Gasteiger partial charge in [-0.3, -0.25) is 10.1 Å². The minimum absolute atomic E-state index is 0.131. The van der Waals surface area contributed by atoms with Crippen molar-refractivity contribution in [2.24, 2.45) is 0 Å². The maximum absolute atomic E-state index is 13.4. The zero-order chi connectivity index (χ0) is 14.0. The molecule has 0 aliphatic rings. The number of halogens is 1. The average Bonchev–Trinajstić information content (AvgIpc) is 2.36. The molecule has 1 aromatic carbocycles. The number of hydrogen-bond donors (Lipinski definition) is 1. The molecule has 0 amide bonds. The Bertz CT molecular complexity index is 648. The first-order valence-electron chi connectivity index (χ1n) is 5.18. The number of ether oxygens (including phenoxy) is 1. The molecular formula is C11H9FN4O3. The molecule has 2 rings (SSSR count). The number of nitro groups is 1. The number of nitrogens with two attached hydrogens (primary N) is 1.